The van der Waals surface area contributed by atoms with Gasteiger partial charge < -0.3 is 9.84 Å². The number of fused-ring (bicyclic) bond motifs is 3. The second-order valence-electron chi connectivity index (χ2n) is 6.67. The van der Waals surface area contributed by atoms with Gasteiger partial charge in [0, 0.05) is 11.3 Å². The molecule has 3 aromatic rings. The molecule has 142 valence electrons. The Morgan fingerprint density at radius 1 is 1.07 bits per heavy atom. The van der Waals surface area contributed by atoms with Gasteiger partial charge in [0.2, 0.25) is 0 Å². The zero-order chi connectivity index (χ0) is 19.7. The molecule has 28 heavy (non-hydrogen) atoms. The van der Waals surface area contributed by atoms with Crippen LogP contribution in [0.25, 0.3) is 11.1 Å². The van der Waals surface area contributed by atoms with Gasteiger partial charge in [-0.3, -0.25) is 4.90 Å². The second kappa shape index (κ2) is 7.48. The Balaban J connectivity index is 1.58. The normalized spacial score (nSPS) is 13.5. The summed E-state index contributed by atoms with van der Waals surface area (Å²) in [6, 6.07) is 16.9. The van der Waals surface area contributed by atoms with Crippen molar-refractivity contribution in [3.8, 4) is 11.1 Å². The van der Waals surface area contributed by atoms with Gasteiger partial charge in [0.05, 0.1) is 5.69 Å². The third-order valence-electron chi connectivity index (χ3n) is 5.06. The topological polar surface area (TPSA) is 66.8 Å². The fourth-order valence-electron chi connectivity index (χ4n) is 3.66. The summed E-state index contributed by atoms with van der Waals surface area (Å²) in [6.07, 6.45) is -0.657. The molecule has 1 aliphatic rings. The molecule has 1 heterocycles. The van der Waals surface area contributed by atoms with Gasteiger partial charge in [-0.15, -0.1) is 0 Å². The van der Waals surface area contributed by atoms with Crippen LogP contribution in [-0.4, -0.2) is 29.8 Å². The predicted octanol–water partition coefficient (Wildman–Crippen LogP) is 4.98. The van der Waals surface area contributed by atoms with Gasteiger partial charge in [-0.2, -0.15) is 11.3 Å². The number of aliphatic carboxylic acids is 1. The van der Waals surface area contributed by atoms with Crippen LogP contribution < -0.4 is 4.90 Å². The lowest BCUT2D eigenvalue weighted by molar-refractivity contribution is -0.138. The Kier molecular flexibility index (Phi) is 4.88. The van der Waals surface area contributed by atoms with E-state index in [1.165, 1.54) is 23.2 Å². The summed E-state index contributed by atoms with van der Waals surface area (Å²) in [7, 11) is 0. The number of ether oxygens (including phenoxy) is 1. The molecule has 1 aromatic heterocycles. The molecule has 0 saturated heterocycles. The van der Waals surface area contributed by atoms with Crippen LogP contribution in [0.1, 0.15) is 24.0 Å². The Bertz CT molecular complexity index is 969. The number of carbonyl (C=O) groups is 2. The summed E-state index contributed by atoms with van der Waals surface area (Å²) in [5, 5.41) is 12.9. The molecular formula is C22H19NO4S. The van der Waals surface area contributed by atoms with Crippen molar-refractivity contribution in [1.29, 1.82) is 0 Å². The SMILES string of the molecule is C[C@@H](C(=O)O)N(C(=O)OCC1c2ccccc2-c2ccccc21)c1ccsc1. The first-order valence-corrected chi connectivity index (χ1v) is 9.91. The zero-order valence-corrected chi connectivity index (χ0v) is 16.1. The maximum Gasteiger partial charge on any atom is 0.415 e. The van der Waals surface area contributed by atoms with Crippen LogP contribution in [0, 0.1) is 0 Å². The first-order chi connectivity index (χ1) is 13.6. The highest BCUT2D eigenvalue weighted by atomic mass is 32.1. The molecule has 5 nitrogen and oxygen atoms in total. The van der Waals surface area contributed by atoms with E-state index in [4.69, 9.17) is 4.74 Å². The van der Waals surface area contributed by atoms with E-state index in [0.717, 1.165) is 22.3 Å². The highest BCUT2D eigenvalue weighted by Crippen LogP contribution is 2.44. The van der Waals surface area contributed by atoms with Crippen molar-refractivity contribution < 1.29 is 19.4 Å². The molecular weight excluding hydrogens is 374 g/mol. The van der Waals surface area contributed by atoms with Crippen LogP contribution in [0.15, 0.2) is 65.4 Å². The average Bonchev–Trinajstić information content (AvgIpc) is 3.33. The van der Waals surface area contributed by atoms with Crippen LogP contribution >= 0.6 is 11.3 Å². The number of anilines is 1. The highest BCUT2D eigenvalue weighted by molar-refractivity contribution is 7.08. The fraction of sp³-hybridized carbons (Fsp3) is 0.182. The van der Waals surface area contributed by atoms with E-state index >= 15 is 0 Å². The van der Waals surface area contributed by atoms with Crippen LogP contribution in [-0.2, 0) is 9.53 Å². The maximum absolute atomic E-state index is 12.8. The first kappa shape index (κ1) is 18.3. The van der Waals surface area contributed by atoms with Gasteiger partial charge in [0.1, 0.15) is 12.6 Å². The number of rotatable bonds is 5. The summed E-state index contributed by atoms with van der Waals surface area (Å²) in [5.41, 5.74) is 5.05. The monoisotopic (exact) mass is 393 g/mol. The number of carbonyl (C=O) groups excluding carboxylic acids is 1. The largest absolute Gasteiger partial charge is 0.480 e. The van der Waals surface area contributed by atoms with Gasteiger partial charge in [0.25, 0.3) is 0 Å². The molecule has 0 aliphatic heterocycles. The lowest BCUT2D eigenvalue weighted by Crippen LogP contribution is -2.44. The Hall–Kier alpha value is -3.12. The van der Waals surface area contributed by atoms with Crippen LogP contribution in [0.4, 0.5) is 10.5 Å². The van der Waals surface area contributed by atoms with Crippen molar-refractivity contribution in [3.05, 3.63) is 76.5 Å². The molecule has 0 bridgehead atoms. The number of carboxylic acid groups (broad SMARTS) is 1. The number of benzene rings is 2. The van der Waals surface area contributed by atoms with Crippen molar-refractivity contribution >= 4 is 29.1 Å². The Morgan fingerprint density at radius 3 is 2.21 bits per heavy atom. The van der Waals surface area contributed by atoms with Gasteiger partial charge >= 0.3 is 12.1 Å². The average molecular weight is 393 g/mol. The number of nitrogens with zero attached hydrogens (tertiary/aromatic N) is 1. The summed E-state index contributed by atoms with van der Waals surface area (Å²) in [4.78, 5) is 25.5. The zero-order valence-electron chi connectivity index (χ0n) is 15.2. The van der Waals surface area contributed by atoms with Gasteiger partial charge in [-0.25, -0.2) is 9.59 Å². The molecule has 1 atom stereocenters. The van der Waals surface area contributed by atoms with Crippen LogP contribution in [0.2, 0.25) is 0 Å². The highest BCUT2D eigenvalue weighted by Gasteiger charge is 2.32. The van der Waals surface area contributed by atoms with E-state index in [-0.39, 0.29) is 12.5 Å². The summed E-state index contributed by atoms with van der Waals surface area (Å²) >= 11 is 1.40. The molecule has 0 fully saturated rings. The van der Waals surface area contributed by atoms with E-state index in [0.29, 0.717) is 5.69 Å². The minimum absolute atomic E-state index is 0.0687. The smallest absolute Gasteiger partial charge is 0.415 e. The van der Waals surface area contributed by atoms with E-state index in [9.17, 15) is 14.7 Å². The molecule has 0 spiro atoms. The lowest BCUT2D eigenvalue weighted by Gasteiger charge is -2.25. The Morgan fingerprint density at radius 2 is 1.68 bits per heavy atom. The Labute approximate surface area is 166 Å². The molecule has 1 amide bonds. The van der Waals surface area contributed by atoms with E-state index in [1.54, 1.807) is 16.8 Å². The van der Waals surface area contributed by atoms with Crippen molar-refractivity contribution in [2.24, 2.45) is 0 Å². The minimum atomic E-state index is -1.08. The summed E-state index contributed by atoms with van der Waals surface area (Å²) < 4.78 is 5.63. The maximum atomic E-state index is 12.8. The third kappa shape index (κ3) is 3.16. The van der Waals surface area contributed by atoms with Crippen LogP contribution in [0.5, 0.6) is 0 Å². The van der Waals surface area contributed by atoms with Crippen molar-refractivity contribution in [2.45, 2.75) is 18.9 Å². The van der Waals surface area contributed by atoms with Crippen molar-refractivity contribution in [1.82, 2.24) is 0 Å². The summed E-state index contributed by atoms with van der Waals surface area (Å²) in [5.74, 6) is -1.15. The molecule has 0 unspecified atom stereocenters. The van der Waals surface area contributed by atoms with Crippen LogP contribution in [0.3, 0.4) is 0 Å². The second-order valence-corrected chi connectivity index (χ2v) is 7.45. The lowest BCUT2D eigenvalue weighted by atomic mass is 9.98. The quantitative estimate of drug-likeness (QED) is 0.664. The molecule has 4 rings (SSSR count). The molecule has 1 N–H and O–H groups in total. The number of amides is 1. The molecule has 2 aromatic carbocycles. The number of carboxylic acids is 1. The predicted molar refractivity (Wildman–Crippen MR) is 109 cm³/mol. The number of thiophene rings is 1. The molecule has 1 aliphatic carbocycles. The standard InChI is InChI=1S/C22H19NO4S/c1-14(21(24)25)23(15-10-11-28-13-15)22(26)27-12-20-18-8-4-2-6-16(18)17-7-3-5-9-19(17)20/h2-11,13-14,20H,12H2,1H3,(H,24,25)/t14-/m0/s1. The van der Waals surface area contributed by atoms with Crippen molar-refractivity contribution in [3.63, 3.8) is 0 Å². The van der Waals surface area contributed by atoms with Gasteiger partial charge in [-0.1, -0.05) is 48.5 Å². The fourth-order valence-corrected chi connectivity index (χ4v) is 4.28. The van der Waals surface area contributed by atoms with Gasteiger partial charge in [0.15, 0.2) is 0 Å². The van der Waals surface area contributed by atoms with E-state index in [2.05, 4.69) is 12.1 Å². The van der Waals surface area contributed by atoms with E-state index < -0.39 is 18.1 Å². The van der Waals surface area contributed by atoms with Gasteiger partial charge in [-0.05, 0) is 40.6 Å². The summed E-state index contributed by atoms with van der Waals surface area (Å²) in [6.45, 7) is 1.63. The van der Waals surface area contributed by atoms with E-state index in [1.807, 2.05) is 36.4 Å². The molecule has 6 heteroatoms. The molecule has 0 radical (unpaired) electrons. The molecule has 0 saturated carbocycles. The third-order valence-corrected chi connectivity index (χ3v) is 5.73. The van der Waals surface area contributed by atoms with Crippen molar-refractivity contribution in [2.75, 3.05) is 11.5 Å². The minimum Gasteiger partial charge on any atom is -0.480 e. The number of hydrogen-bond acceptors (Lipinski definition) is 4. The number of hydrogen-bond donors (Lipinski definition) is 1. The first-order valence-electron chi connectivity index (χ1n) is 8.97.